The van der Waals surface area contributed by atoms with Crippen LogP contribution in [0.15, 0.2) is 54.7 Å². The first kappa shape index (κ1) is 19.5. The largest absolute Gasteiger partial charge is 0.505 e. The molecule has 1 aromatic heterocycles. The summed E-state index contributed by atoms with van der Waals surface area (Å²) >= 11 is 5.90. The van der Waals surface area contributed by atoms with E-state index in [0.29, 0.717) is 28.5 Å². The highest BCUT2D eigenvalue weighted by Gasteiger charge is 2.30. The van der Waals surface area contributed by atoms with Gasteiger partial charge in [-0.05, 0) is 64.6 Å². The summed E-state index contributed by atoms with van der Waals surface area (Å²) in [6.07, 6.45) is 2.05. The van der Waals surface area contributed by atoms with Gasteiger partial charge < -0.3 is 10.4 Å². The molecule has 0 spiro atoms. The summed E-state index contributed by atoms with van der Waals surface area (Å²) in [6, 6.07) is 12.4. The highest BCUT2D eigenvalue weighted by atomic mass is 35.5. The number of carbonyl (C=O) groups is 1. The molecule has 31 heavy (non-hydrogen) atoms. The fraction of sp³-hybridized carbons (Fsp3) is 0.0833. The van der Waals surface area contributed by atoms with E-state index in [1.807, 2.05) is 6.07 Å². The van der Waals surface area contributed by atoms with Gasteiger partial charge in [0.15, 0.2) is 5.75 Å². The summed E-state index contributed by atoms with van der Waals surface area (Å²) < 4.78 is 27.0. The van der Waals surface area contributed by atoms with Gasteiger partial charge >= 0.3 is 0 Å². The molecule has 0 aliphatic carbocycles. The summed E-state index contributed by atoms with van der Waals surface area (Å²) in [6.45, 7) is 0.252. The van der Waals surface area contributed by atoms with Crippen LogP contribution in [0.1, 0.15) is 27.0 Å². The highest BCUT2D eigenvalue weighted by molar-refractivity contribution is 6.30. The van der Waals surface area contributed by atoms with Crippen LogP contribution in [0, 0.1) is 11.6 Å². The number of nitrogens with one attached hydrogen (secondary N) is 1. The number of rotatable bonds is 3. The van der Waals surface area contributed by atoms with Crippen LogP contribution in [-0.2, 0) is 13.0 Å². The molecule has 0 fully saturated rings. The van der Waals surface area contributed by atoms with E-state index in [2.05, 4.69) is 10.3 Å². The maximum Gasteiger partial charge on any atom is 0.255 e. The summed E-state index contributed by atoms with van der Waals surface area (Å²) in [4.78, 5) is 16.8. The predicted octanol–water partition coefficient (Wildman–Crippen LogP) is 5.37. The SMILES string of the molecule is O=C1NCc2c1c(O)c1ncc(Cc3ccc(F)c(Cl)c3)cc1c2-c1ccc(F)cc1. The molecule has 0 atom stereocenters. The quantitative estimate of drug-likeness (QED) is 0.453. The number of carbonyl (C=O) groups excluding carboxylic acids is 1. The van der Waals surface area contributed by atoms with E-state index in [1.54, 1.807) is 30.5 Å². The van der Waals surface area contributed by atoms with Gasteiger partial charge in [0.2, 0.25) is 0 Å². The van der Waals surface area contributed by atoms with E-state index in [0.717, 1.165) is 11.1 Å². The van der Waals surface area contributed by atoms with E-state index in [9.17, 15) is 18.7 Å². The standard InChI is InChI=1S/C24H15ClF2N2O2/c25-18-9-12(1-6-19(18)27)7-13-8-16-20(14-2-4-15(26)5-3-14)17-11-29-24(31)21(17)23(30)22(16)28-10-13/h1-6,8-10,30H,7,11H2,(H,29,31). The lowest BCUT2D eigenvalue weighted by atomic mass is 9.90. The third kappa shape index (κ3) is 3.29. The fourth-order valence-electron chi connectivity index (χ4n) is 4.04. The Morgan fingerprint density at radius 1 is 1.03 bits per heavy atom. The van der Waals surface area contributed by atoms with Gasteiger partial charge in [-0.15, -0.1) is 0 Å². The zero-order valence-electron chi connectivity index (χ0n) is 16.0. The molecule has 0 bridgehead atoms. The lowest BCUT2D eigenvalue weighted by Gasteiger charge is -2.15. The van der Waals surface area contributed by atoms with Crippen LogP contribution in [-0.4, -0.2) is 16.0 Å². The van der Waals surface area contributed by atoms with Crippen molar-refractivity contribution in [2.75, 3.05) is 0 Å². The van der Waals surface area contributed by atoms with Crippen LogP contribution in [0.2, 0.25) is 5.02 Å². The molecule has 1 amide bonds. The molecule has 7 heteroatoms. The molecule has 1 aliphatic rings. The fourth-order valence-corrected chi connectivity index (χ4v) is 4.25. The van der Waals surface area contributed by atoms with Gasteiger partial charge in [0.1, 0.15) is 17.2 Å². The van der Waals surface area contributed by atoms with Crippen LogP contribution in [0.4, 0.5) is 8.78 Å². The Morgan fingerprint density at radius 2 is 1.81 bits per heavy atom. The van der Waals surface area contributed by atoms with E-state index in [-0.39, 0.29) is 40.1 Å². The van der Waals surface area contributed by atoms with Gasteiger partial charge in [-0.3, -0.25) is 9.78 Å². The van der Waals surface area contributed by atoms with E-state index in [4.69, 9.17) is 11.6 Å². The second kappa shape index (κ2) is 7.32. The number of aromatic hydroxyl groups is 1. The minimum atomic E-state index is -0.488. The Bertz CT molecular complexity index is 1370. The van der Waals surface area contributed by atoms with Crippen molar-refractivity contribution in [2.24, 2.45) is 0 Å². The van der Waals surface area contributed by atoms with Crippen molar-refractivity contribution in [3.8, 4) is 16.9 Å². The third-order valence-electron chi connectivity index (χ3n) is 5.46. The van der Waals surface area contributed by atoms with Crippen LogP contribution in [0.25, 0.3) is 22.0 Å². The number of phenols is 1. The number of nitrogens with zero attached hydrogens (tertiary/aromatic N) is 1. The second-order valence-electron chi connectivity index (χ2n) is 7.43. The lowest BCUT2D eigenvalue weighted by Crippen LogP contribution is -2.12. The number of phenolic OH excluding ortho intramolecular Hbond substituents is 1. The summed E-state index contributed by atoms with van der Waals surface area (Å²) in [7, 11) is 0. The number of benzene rings is 3. The normalized spacial score (nSPS) is 12.8. The average Bonchev–Trinajstić information content (AvgIpc) is 3.14. The first-order valence-corrected chi connectivity index (χ1v) is 9.94. The zero-order valence-corrected chi connectivity index (χ0v) is 16.8. The number of aromatic nitrogens is 1. The molecule has 0 saturated heterocycles. The van der Waals surface area contributed by atoms with Crippen molar-refractivity contribution in [1.82, 2.24) is 10.3 Å². The summed E-state index contributed by atoms with van der Waals surface area (Å²) in [5.41, 5.74) is 4.17. The smallest absolute Gasteiger partial charge is 0.255 e. The molecule has 154 valence electrons. The Morgan fingerprint density at radius 3 is 2.55 bits per heavy atom. The Kier molecular flexibility index (Phi) is 4.59. The van der Waals surface area contributed by atoms with Crippen molar-refractivity contribution in [1.29, 1.82) is 0 Å². The molecule has 3 aromatic carbocycles. The first-order valence-electron chi connectivity index (χ1n) is 9.57. The third-order valence-corrected chi connectivity index (χ3v) is 5.75. The van der Waals surface area contributed by atoms with Crippen LogP contribution in [0.3, 0.4) is 0 Å². The monoisotopic (exact) mass is 436 g/mol. The van der Waals surface area contributed by atoms with Crippen molar-refractivity contribution in [2.45, 2.75) is 13.0 Å². The zero-order chi connectivity index (χ0) is 21.7. The number of hydrogen-bond acceptors (Lipinski definition) is 3. The molecule has 5 rings (SSSR count). The minimum Gasteiger partial charge on any atom is -0.505 e. The molecule has 4 aromatic rings. The van der Waals surface area contributed by atoms with Gasteiger partial charge in [-0.1, -0.05) is 29.8 Å². The number of halogens is 3. The van der Waals surface area contributed by atoms with Crippen molar-refractivity contribution < 1.29 is 18.7 Å². The summed E-state index contributed by atoms with van der Waals surface area (Å²) in [5, 5.41) is 14.2. The van der Waals surface area contributed by atoms with E-state index < -0.39 is 5.82 Å². The van der Waals surface area contributed by atoms with Crippen molar-refractivity contribution >= 4 is 28.4 Å². The van der Waals surface area contributed by atoms with Gasteiger partial charge in [0, 0.05) is 18.1 Å². The van der Waals surface area contributed by atoms with E-state index >= 15 is 0 Å². The molecule has 2 N–H and O–H groups in total. The Balaban J connectivity index is 1.73. The van der Waals surface area contributed by atoms with Gasteiger partial charge in [0.25, 0.3) is 5.91 Å². The average molecular weight is 437 g/mol. The van der Waals surface area contributed by atoms with Gasteiger partial charge in [0.05, 0.1) is 10.6 Å². The van der Waals surface area contributed by atoms with Crippen LogP contribution in [0.5, 0.6) is 5.75 Å². The number of pyridine rings is 1. The molecule has 2 heterocycles. The van der Waals surface area contributed by atoms with Gasteiger partial charge in [-0.2, -0.15) is 0 Å². The second-order valence-corrected chi connectivity index (χ2v) is 7.84. The van der Waals surface area contributed by atoms with Crippen LogP contribution >= 0.6 is 11.6 Å². The predicted molar refractivity (Wildman–Crippen MR) is 114 cm³/mol. The first-order chi connectivity index (χ1) is 14.9. The van der Waals surface area contributed by atoms with Crippen molar-refractivity contribution in [3.05, 3.63) is 93.6 Å². The topological polar surface area (TPSA) is 62.2 Å². The van der Waals surface area contributed by atoms with Crippen molar-refractivity contribution in [3.63, 3.8) is 0 Å². The maximum atomic E-state index is 13.5. The lowest BCUT2D eigenvalue weighted by molar-refractivity contribution is 0.0963. The molecule has 4 nitrogen and oxygen atoms in total. The van der Waals surface area contributed by atoms with Gasteiger partial charge in [-0.25, -0.2) is 8.78 Å². The highest BCUT2D eigenvalue weighted by Crippen LogP contribution is 2.42. The molecule has 0 saturated carbocycles. The molecular weight excluding hydrogens is 422 g/mol. The Labute approximate surface area is 181 Å². The van der Waals surface area contributed by atoms with E-state index in [1.165, 1.54) is 18.2 Å². The number of amides is 1. The molecule has 0 unspecified atom stereocenters. The molecule has 0 radical (unpaired) electrons. The number of fused-ring (bicyclic) bond motifs is 2. The molecule has 1 aliphatic heterocycles. The Hall–Kier alpha value is -3.51. The maximum absolute atomic E-state index is 13.5. The minimum absolute atomic E-state index is 0.0401. The molecular formula is C24H15ClF2N2O2. The van der Waals surface area contributed by atoms with Crippen LogP contribution < -0.4 is 5.32 Å². The summed E-state index contributed by atoms with van der Waals surface area (Å²) in [5.74, 6) is -1.41. The number of hydrogen-bond donors (Lipinski definition) is 2.